The molecule has 8 heteroatoms. The Balaban J connectivity index is 2.18. The van der Waals surface area contributed by atoms with Crippen molar-refractivity contribution in [3.05, 3.63) is 39.9 Å². The molecule has 4 nitrogen and oxygen atoms in total. The summed E-state index contributed by atoms with van der Waals surface area (Å²) < 4.78 is 40.2. The predicted octanol–water partition coefficient (Wildman–Crippen LogP) is 3.52. The Kier molecular flexibility index (Phi) is 4.03. The van der Waals surface area contributed by atoms with E-state index in [1.807, 2.05) is 0 Å². The summed E-state index contributed by atoms with van der Waals surface area (Å²) in [4.78, 5) is 0. The van der Waals surface area contributed by atoms with Crippen molar-refractivity contribution in [1.82, 2.24) is 14.8 Å². The fraction of sp³-hybridized carbons (Fsp3) is 0.333. The van der Waals surface area contributed by atoms with Gasteiger partial charge in [0.1, 0.15) is 5.82 Å². The van der Waals surface area contributed by atoms with Crippen molar-refractivity contribution in [2.75, 3.05) is 5.32 Å². The van der Waals surface area contributed by atoms with E-state index in [-0.39, 0.29) is 0 Å². The second-order valence-corrected chi connectivity index (χ2v) is 5.22. The standard InChI is InChI=1S/C12H12BrF3N4/c1-7-18-19-11(20(7)2)6-17-10-4-8(12(14,15)16)3-9(13)5-10/h3-5,17H,6H2,1-2H3. The molecule has 2 aromatic rings. The van der Waals surface area contributed by atoms with Gasteiger partial charge in [0.15, 0.2) is 5.82 Å². The first kappa shape index (κ1) is 14.8. The van der Waals surface area contributed by atoms with Gasteiger partial charge in [0.05, 0.1) is 12.1 Å². The van der Waals surface area contributed by atoms with Gasteiger partial charge in [-0.25, -0.2) is 0 Å². The van der Waals surface area contributed by atoms with E-state index in [9.17, 15) is 13.2 Å². The molecular formula is C12H12BrF3N4. The highest BCUT2D eigenvalue weighted by atomic mass is 79.9. The van der Waals surface area contributed by atoms with Crippen molar-refractivity contribution < 1.29 is 13.2 Å². The fourth-order valence-electron chi connectivity index (χ4n) is 1.64. The third-order valence-electron chi connectivity index (χ3n) is 2.86. The first-order chi connectivity index (χ1) is 9.27. The Morgan fingerprint density at radius 1 is 1.25 bits per heavy atom. The minimum atomic E-state index is -4.37. The van der Waals surface area contributed by atoms with Crippen LogP contribution in [0.3, 0.4) is 0 Å². The van der Waals surface area contributed by atoms with Crippen LogP contribution < -0.4 is 5.32 Å². The van der Waals surface area contributed by atoms with Crippen LogP contribution in [0.25, 0.3) is 0 Å². The summed E-state index contributed by atoms with van der Waals surface area (Å²) >= 11 is 3.08. The summed E-state index contributed by atoms with van der Waals surface area (Å²) in [6.45, 7) is 2.10. The second-order valence-electron chi connectivity index (χ2n) is 4.30. The monoisotopic (exact) mass is 348 g/mol. The maximum atomic E-state index is 12.7. The van der Waals surface area contributed by atoms with Crippen LogP contribution in [0.1, 0.15) is 17.2 Å². The lowest BCUT2D eigenvalue weighted by atomic mass is 10.2. The van der Waals surface area contributed by atoms with Gasteiger partial charge in [-0.2, -0.15) is 13.2 Å². The molecule has 20 heavy (non-hydrogen) atoms. The molecule has 0 bridgehead atoms. The molecule has 0 spiro atoms. The lowest BCUT2D eigenvalue weighted by Crippen LogP contribution is -2.09. The molecule has 0 saturated heterocycles. The Labute approximate surface area is 122 Å². The molecule has 0 aliphatic heterocycles. The van der Waals surface area contributed by atoms with Gasteiger partial charge < -0.3 is 9.88 Å². The third-order valence-corrected chi connectivity index (χ3v) is 3.32. The van der Waals surface area contributed by atoms with Gasteiger partial charge in [-0.3, -0.25) is 0 Å². The molecule has 0 fully saturated rings. The molecule has 0 aliphatic carbocycles. The van der Waals surface area contributed by atoms with Crippen LogP contribution in [-0.2, 0) is 19.8 Å². The number of nitrogens with zero attached hydrogens (tertiary/aromatic N) is 3. The number of aryl methyl sites for hydroxylation is 1. The summed E-state index contributed by atoms with van der Waals surface area (Å²) in [7, 11) is 1.80. The van der Waals surface area contributed by atoms with Crippen LogP contribution in [-0.4, -0.2) is 14.8 Å². The molecule has 0 amide bonds. The molecule has 108 valence electrons. The SMILES string of the molecule is Cc1nnc(CNc2cc(Br)cc(C(F)(F)F)c2)n1C. The van der Waals surface area contributed by atoms with Gasteiger partial charge in [-0.15, -0.1) is 10.2 Å². The molecule has 0 saturated carbocycles. The number of anilines is 1. The summed E-state index contributed by atoms with van der Waals surface area (Å²) in [6.07, 6.45) is -4.37. The van der Waals surface area contributed by atoms with Gasteiger partial charge in [-0.1, -0.05) is 15.9 Å². The largest absolute Gasteiger partial charge is 0.416 e. The molecule has 1 N–H and O–H groups in total. The van der Waals surface area contributed by atoms with E-state index < -0.39 is 11.7 Å². The zero-order chi connectivity index (χ0) is 14.9. The van der Waals surface area contributed by atoms with Crippen molar-refractivity contribution in [3.8, 4) is 0 Å². The van der Waals surface area contributed by atoms with Crippen molar-refractivity contribution in [2.45, 2.75) is 19.6 Å². The number of alkyl halides is 3. The number of hydrogen-bond donors (Lipinski definition) is 1. The van der Waals surface area contributed by atoms with E-state index in [0.29, 0.717) is 22.5 Å². The van der Waals surface area contributed by atoms with Gasteiger partial charge in [0.2, 0.25) is 0 Å². The molecule has 2 rings (SSSR count). The van der Waals surface area contributed by atoms with Crippen molar-refractivity contribution >= 4 is 21.6 Å². The highest BCUT2D eigenvalue weighted by Gasteiger charge is 2.31. The van der Waals surface area contributed by atoms with E-state index in [2.05, 4.69) is 31.4 Å². The number of aromatic nitrogens is 3. The highest BCUT2D eigenvalue weighted by Crippen LogP contribution is 2.33. The highest BCUT2D eigenvalue weighted by molar-refractivity contribution is 9.10. The van der Waals surface area contributed by atoms with E-state index in [1.54, 1.807) is 24.6 Å². The average molecular weight is 349 g/mol. The maximum Gasteiger partial charge on any atom is 0.416 e. The Hall–Kier alpha value is -1.57. The number of halogens is 4. The number of rotatable bonds is 3. The quantitative estimate of drug-likeness (QED) is 0.922. The molecule has 1 heterocycles. The Morgan fingerprint density at radius 2 is 1.95 bits per heavy atom. The fourth-order valence-corrected chi connectivity index (χ4v) is 2.13. The summed E-state index contributed by atoms with van der Waals surface area (Å²) in [5.74, 6) is 1.39. The Morgan fingerprint density at radius 3 is 2.50 bits per heavy atom. The van der Waals surface area contributed by atoms with Crippen molar-refractivity contribution in [2.24, 2.45) is 7.05 Å². The molecule has 1 aromatic carbocycles. The van der Waals surface area contributed by atoms with Crippen LogP contribution >= 0.6 is 15.9 Å². The molecule has 0 unspecified atom stereocenters. The molecule has 0 atom stereocenters. The van der Waals surface area contributed by atoms with Crippen LogP contribution in [0, 0.1) is 6.92 Å². The zero-order valence-corrected chi connectivity index (χ0v) is 12.4. The van der Waals surface area contributed by atoms with Gasteiger partial charge in [-0.05, 0) is 25.1 Å². The van der Waals surface area contributed by atoms with E-state index in [4.69, 9.17) is 0 Å². The van der Waals surface area contributed by atoms with Crippen molar-refractivity contribution in [1.29, 1.82) is 0 Å². The van der Waals surface area contributed by atoms with Gasteiger partial charge in [0, 0.05) is 17.2 Å². The molecule has 0 radical (unpaired) electrons. The number of nitrogens with one attached hydrogen (secondary N) is 1. The Bertz CT molecular complexity index is 622. The van der Waals surface area contributed by atoms with Gasteiger partial charge in [0.25, 0.3) is 0 Å². The second kappa shape index (κ2) is 5.43. The van der Waals surface area contributed by atoms with E-state index in [1.165, 1.54) is 0 Å². The first-order valence-electron chi connectivity index (χ1n) is 5.74. The first-order valence-corrected chi connectivity index (χ1v) is 6.53. The molecular weight excluding hydrogens is 337 g/mol. The number of hydrogen-bond acceptors (Lipinski definition) is 3. The van der Waals surface area contributed by atoms with Crippen LogP contribution in [0.2, 0.25) is 0 Å². The zero-order valence-electron chi connectivity index (χ0n) is 10.8. The maximum absolute atomic E-state index is 12.7. The smallest absolute Gasteiger partial charge is 0.378 e. The lowest BCUT2D eigenvalue weighted by Gasteiger charge is -2.11. The summed E-state index contributed by atoms with van der Waals surface area (Å²) in [6, 6.07) is 3.68. The summed E-state index contributed by atoms with van der Waals surface area (Å²) in [5, 5.41) is 10.7. The lowest BCUT2D eigenvalue weighted by molar-refractivity contribution is -0.137. The molecule has 0 aliphatic rings. The average Bonchev–Trinajstić information content (AvgIpc) is 2.66. The predicted molar refractivity (Wildman–Crippen MR) is 72.2 cm³/mol. The third kappa shape index (κ3) is 3.30. The summed E-state index contributed by atoms with van der Waals surface area (Å²) in [5.41, 5.74) is -0.337. The van der Waals surface area contributed by atoms with Crippen LogP contribution in [0.4, 0.5) is 18.9 Å². The van der Waals surface area contributed by atoms with Crippen LogP contribution in [0.5, 0.6) is 0 Å². The van der Waals surface area contributed by atoms with Crippen LogP contribution in [0.15, 0.2) is 22.7 Å². The van der Waals surface area contributed by atoms with Crippen molar-refractivity contribution in [3.63, 3.8) is 0 Å². The number of benzene rings is 1. The normalized spacial score (nSPS) is 11.7. The topological polar surface area (TPSA) is 42.7 Å². The minimum absolute atomic E-state index is 0.297. The minimum Gasteiger partial charge on any atom is -0.378 e. The van der Waals surface area contributed by atoms with E-state index >= 15 is 0 Å². The molecule has 1 aromatic heterocycles. The van der Waals surface area contributed by atoms with Gasteiger partial charge >= 0.3 is 6.18 Å². The van der Waals surface area contributed by atoms with E-state index in [0.717, 1.165) is 18.0 Å².